The van der Waals surface area contributed by atoms with Crippen LogP contribution in [0.15, 0.2) is 46.8 Å². The Morgan fingerprint density at radius 3 is 1.95 bits per heavy atom. The maximum absolute atomic E-state index is 10.6. The van der Waals surface area contributed by atoms with Gasteiger partial charge in [0.05, 0.1) is 29.2 Å². The lowest BCUT2D eigenvalue weighted by molar-refractivity contribution is -0.379. The molecule has 2 N–H and O–H groups in total. The van der Waals surface area contributed by atoms with Crippen molar-refractivity contribution in [2.24, 2.45) is 0 Å². The van der Waals surface area contributed by atoms with Gasteiger partial charge in [-0.2, -0.15) is 10.5 Å². The fourth-order valence-electron chi connectivity index (χ4n) is 2.37. The topological polar surface area (TPSA) is 90.7 Å². The van der Waals surface area contributed by atoms with Gasteiger partial charge in [0.15, 0.2) is 0 Å². The normalized spacial score (nSPS) is 15.4. The first-order valence-corrected chi connectivity index (χ1v) is 6.09. The van der Waals surface area contributed by atoms with Crippen molar-refractivity contribution < 1.29 is 5.18 Å². The first-order chi connectivity index (χ1) is 9.62. The highest BCUT2D eigenvalue weighted by Gasteiger charge is 2.29. The Morgan fingerprint density at radius 1 is 1.05 bits per heavy atom. The van der Waals surface area contributed by atoms with Gasteiger partial charge in [0.2, 0.25) is 0 Å². The second kappa shape index (κ2) is 5.38. The maximum atomic E-state index is 10.6. The summed E-state index contributed by atoms with van der Waals surface area (Å²) in [4.78, 5) is 10.6. The van der Waals surface area contributed by atoms with Gasteiger partial charge < -0.3 is 5.32 Å². The van der Waals surface area contributed by atoms with Crippen molar-refractivity contribution in [3.63, 3.8) is 0 Å². The zero-order valence-electron chi connectivity index (χ0n) is 11.2. The van der Waals surface area contributed by atoms with Crippen LogP contribution >= 0.6 is 0 Å². The van der Waals surface area contributed by atoms with Crippen molar-refractivity contribution in [1.82, 2.24) is 5.32 Å². The maximum Gasteiger partial charge on any atom is 0.253 e. The summed E-state index contributed by atoms with van der Waals surface area (Å²) < 4.78 is 0. The molecule has 0 bridgehead atoms. The predicted molar refractivity (Wildman–Crippen MR) is 72.9 cm³/mol. The average molecular weight is 265 g/mol. The van der Waals surface area contributed by atoms with Crippen LogP contribution in [-0.2, 0) is 0 Å². The van der Waals surface area contributed by atoms with Crippen molar-refractivity contribution in [1.29, 1.82) is 10.5 Å². The molecule has 0 radical (unpaired) electrons. The van der Waals surface area contributed by atoms with Crippen molar-refractivity contribution >= 4 is 5.69 Å². The largest absolute Gasteiger partial charge is 0.361 e. The quantitative estimate of drug-likeness (QED) is 0.846. The van der Waals surface area contributed by atoms with Crippen LogP contribution in [0.5, 0.6) is 0 Å². The van der Waals surface area contributed by atoms with E-state index in [-0.39, 0.29) is 5.92 Å². The van der Waals surface area contributed by atoms with Crippen LogP contribution in [0.4, 0.5) is 5.69 Å². The summed E-state index contributed by atoms with van der Waals surface area (Å²) in [7, 11) is 0. The first kappa shape index (κ1) is 13.5. The van der Waals surface area contributed by atoms with Crippen LogP contribution in [0.1, 0.15) is 25.3 Å². The summed E-state index contributed by atoms with van der Waals surface area (Å²) in [6.45, 7) is 3.63. The Balaban J connectivity index is 2.59. The minimum atomic E-state index is -0.382. The molecule has 0 saturated heterocycles. The number of hydrogen-bond acceptors (Lipinski definition) is 4. The number of dihydropyridines is 1. The SMILES string of the molecule is CC1=C(C#N)C(c2ccc([NH+]=O)cc2)C(C#N)=C(C)N1. The summed E-state index contributed by atoms with van der Waals surface area (Å²) in [5.41, 5.74) is 3.81. The minimum absolute atomic E-state index is 0.382. The zero-order valence-corrected chi connectivity index (χ0v) is 11.2. The van der Waals surface area contributed by atoms with E-state index in [1.807, 2.05) is 19.0 Å². The van der Waals surface area contributed by atoms with E-state index in [4.69, 9.17) is 0 Å². The summed E-state index contributed by atoms with van der Waals surface area (Å²) >= 11 is 0. The number of rotatable bonds is 2. The number of allylic oxidation sites excluding steroid dienone is 4. The Morgan fingerprint density at radius 2 is 1.55 bits per heavy atom. The summed E-state index contributed by atoms with van der Waals surface area (Å²) in [6, 6.07) is 11.1. The third kappa shape index (κ3) is 2.17. The van der Waals surface area contributed by atoms with Crippen molar-refractivity contribution in [2.75, 3.05) is 0 Å². The number of hydrogen-bond donors (Lipinski definition) is 2. The predicted octanol–water partition coefficient (Wildman–Crippen LogP) is 1.45. The van der Waals surface area contributed by atoms with Crippen LogP contribution in [0, 0.1) is 27.6 Å². The number of nitriles is 2. The molecule has 0 atom stereocenters. The molecule has 2 rings (SSSR count). The molecule has 1 aliphatic rings. The monoisotopic (exact) mass is 265 g/mol. The summed E-state index contributed by atoms with van der Waals surface area (Å²) in [5.74, 6) is -0.382. The highest BCUT2D eigenvalue weighted by Crippen LogP contribution is 2.37. The van der Waals surface area contributed by atoms with Gasteiger partial charge >= 0.3 is 0 Å². The van der Waals surface area contributed by atoms with Crippen LogP contribution < -0.4 is 10.5 Å². The number of nitroso groups, excluding NO2 is 1. The molecule has 0 unspecified atom stereocenters. The Kier molecular flexibility index (Phi) is 3.63. The summed E-state index contributed by atoms with van der Waals surface area (Å²) in [6.07, 6.45) is 0. The van der Waals surface area contributed by atoms with Crippen molar-refractivity contribution in [2.45, 2.75) is 19.8 Å². The third-order valence-corrected chi connectivity index (χ3v) is 3.36. The van der Waals surface area contributed by atoms with Crippen molar-refractivity contribution in [3.8, 4) is 12.1 Å². The smallest absolute Gasteiger partial charge is 0.253 e. The Labute approximate surface area is 116 Å². The molecular formula is C15H13N4O+. The van der Waals surface area contributed by atoms with E-state index >= 15 is 0 Å². The average Bonchev–Trinajstić information content (AvgIpc) is 2.46. The summed E-state index contributed by atoms with van der Waals surface area (Å²) in [5, 5.41) is 23.6. The van der Waals surface area contributed by atoms with Gasteiger partial charge in [-0.05, 0) is 19.4 Å². The molecule has 20 heavy (non-hydrogen) atoms. The van der Waals surface area contributed by atoms with E-state index in [0.29, 0.717) is 16.8 Å². The Bertz CT molecular complexity index is 663. The zero-order chi connectivity index (χ0) is 14.7. The van der Waals surface area contributed by atoms with Crippen molar-refractivity contribution in [3.05, 3.63) is 57.3 Å². The highest BCUT2D eigenvalue weighted by molar-refractivity contribution is 5.55. The minimum Gasteiger partial charge on any atom is -0.361 e. The second-order valence-electron chi connectivity index (χ2n) is 4.58. The van der Waals surface area contributed by atoms with Gasteiger partial charge in [-0.25, -0.2) is 0 Å². The molecule has 1 aromatic carbocycles. The second-order valence-corrected chi connectivity index (χ2v) is 4.58. The van der Waals surface area contributed by atoms with Crippen LogP contribution in [0.25, 0.3) is 0 Å². The first-order valence-electron chi connectivity index (χ1n) is 6.09. The molecule has 0 amide bonds. The van der Waals surface area contributed by atoms with Crippen LogP contribution in [-0.4, -0.2) is 0 Å². The van der Waals surface area contributed by atoms with Gasteiger partial charge in [0.1, 0.15) is 0 Å². The fourth-order valence-corrected chi connectivity index (χ4v) is 2.37. The molecule has 5 heteroatoms. The molecule has 1 aromatic rings. The van der Waals surface area contributed by atoms with Crippen LogP contribution in [0.2, 0.25) is 0 Å². The van der Waals surface area contributed by atoms with Gasteiger partial charge in [-0.15, -0.1) is 0 Å². The Hall–Kier alpha value is -2.92. The van der Waals surface area contributed by atoms with Crippen LogP contribution in [0.3, 0.4) is 0 Å². The van der Waals surface area contributed by atoms with E-state index < -0.39 is 0 Å². The lowest BCUT2D eigenvalue weighted by atomic mass is 9.81. The molecule has 0 aromatic heterocycles. The third-order valence-electron chi connectivity index (χ3n) is 3.36. The van der Waals surface area contributed by atoms with Gasteiger partial charge in [-0.3, -0.25) is 0 Å². The number of nitrogens with one attached hydrogen (secondary N) is 2. The van der Waals surface area contributed by atoms with Gasteiger partial charge in [0, 0.05) is 33.6 Å². The molecule has 5 nitrogen and oxygen atoms in total. The molecule has 0 aliphatic carbocycles. The fraction of sp³-hybridized carbons (Fsp3) is 0.200. The molecular weight excluding hydrogens is 252 g/mol. The molecule has 0 saturated carbocycles. The highest BCUT2D eigenvalue weighted by atomic mass is 16.3. The van der Waals surface area contributed by atoms with Gasteiger partial charge in [-0.1, -0.05) is 12.1 Å². The van der Waals surface area contributed by atoms with Gasteiger partial charge in [0.25, 0.3) is 5.69 Å². The van der Waals surface area contributed by atoms with E-state index in [9.17, 15) is 15.4 Å². The van der Waals surface area contributed by atoms with E-state index in [1.54, 1.807) is 24.3 Å². The number of nitrogens with zero attached hydrogens (tertiary/aromatic N) is 2. The molecule has 0 spiro atoms. The van der Waals surface area contributed by atoms with E-state index in [1.165, 1.54) is 0 Å². The number of benzene rings is 1. The molecule has 0 fully saturated rings. The molecule has 98 valence electrons. The lowest BCUT2D eigenvalue weighted by Crippen LogP contribution is -2.55. The van der Waals surface area contributed by atoms with E-state index in [0.717, 1.165) is 17.0 Å². The van der Waals surface area contributed by atoms with E-state index in [2.05, 4.69) is 17.5 Å². The lowest BCUT2D eigenvalue weighted by Gasteiger charge is -2.26. The standard InChI is InChI=1S/C15H12N4O/c1-9-13(7-16)15(14(8-17)10(2)18-9)11-3-5-12(19-20)6-4-11/h3-6,15,18H,1-2H3/p+1. The molecule has 1 aliphatic heterocycles. The molecule has 1 heterocycles.